The Hall–Kier alpha value is -4.20. The molecule has 0 fully saturated rings. The molecule has 2 N–H and O–H groups in total. The van der Waals surface area contributed by atoms with Crippen LogP contribution in [0, 0.1) is 5.82 Å². The second kappa shape index (κ2) is 13.8. The topological polar surface area (TPSA) is 138 Å². The molecule has 2 aromatic heterocycles. The Morgan fingerprint density at radius 2 is 1.70 bits per heavy atom. The lowest BCUT2D eigenvalue weighted by atomic mass is 10.0. The van der Waals surface area contributed by atoms with Gasteiger partial charge in [-0.25, -0.2) is 12.8 Å². The average molecular weight is 616 g/mol. The predicted molar refractivity (Wildman–Crippen MR) is 159 cm³/mol. The first-order valence-corrected chi connectivity index (χ1v) is 15.5. The lowest BCUT2D eigenvalue weighted by Crippen LogP contribution is -2.23. The standard InChI is InChI=1S/C30H34FN3O8S/c1-5-32-29(35)25-17-22-23(18-34(3)30(36)28(22)33-25)21-16-20(43(4,37)38)8-10-26(21)42-27-9-7-19(15-24(27)31)41-14-13-40-12-11-39-6-2/h7-10,15-18,33H,5-6,11-14H2,1-4H3,(H,32,35). The number of aromatic amines is 1. The quantitative estimate of drug-likeness (QED) is 0.203. The van der Waals surface area contributed by atoms with Gasteiger partial charge < -0.3 is 33.8 Å². The highest BCUT2D eigenvalue weighted by Crippen LogP contribution is 2.39. The van der Waals surface area contributed by atoms with Crippen molar-refractivity contribution in [3.63, 3.8) is 0 Å². The van der Waals surface area contributed by atoms with Crippen molar-refractivity contribution in [1.29, 1.82) is 0 Å². The van der Waals surface area contributed by atoms with Gasteiger partial charge in [0.05, 0.1) is 24.7 Å². The summed E-state index contributed by atoms with van der Waals surface area (Å²) in [5.41, 5.74) is 0.580. The van der Waals surface area contributed by atoms with Gasteiger partial charge in [0, 0.05) is 55.2 Å². The van der Waals surface area contributed by atoms with Gasteiger partial charge in [-0.2, -0.15) is 0 Å². The smallest absolute Gasteiger partial charge is 0.274 e. The van der Waals surface area contributed by atoms with E-state index in [0.717, 1.165) is 6.26 Å². The summed E-state index contributed by atoms with van der Waals surface area (Å²) >= 11 is 0. The largest absolute Gasteiger partial charge is 0.491 e. The Morgan fingerprint density at radius 1 is 0.977 bits per heavy atom. The van der Waals surface area contributed by atoms with E-state index in [1.807, 2.05) is 6.92 Å². The summed E-state index contributed by atoms with van der Waals surface area (Å²) < 4.78 is 63.5. The van der Waals surface area contributed by atoms with Crippen LogP contribution in [0.3, 0.4) is 0 Å². The van der Waals surface area contributed by atoms with Crippen LogP contribution in [0.4, 0.5) is 4.39 Å². The van der Waals surface area contributed by atoms with Crippen LogP contribution in [0.25, 0.3) is 22.0 Å². The molecule has 2 aromatic carbocycles. The van der Waals surface area contributed by atoms with Crippen molar-refractivity contribution in [1.82, 2.24) is 14.9 Å². The Kier molecular flexibility index (Phi) is 10.2. The minimum atomic E-state index is -3.65. The van der Waals surface area contributed by atoms with Crippen LogP contribution >= 0.6 is 0 Å². The summed E-state index contributed by atoms with van der Waals surface area (Å²) in [5, 5.41) is 3.05. The highest BCUT2D eigenvalue weighted by Gasteiger charge is 2.21. The van der Waals surface area contributed by atoms with Crippen molar-refractivity contribution < 1.29 is 36.6 Å². The highest BCUT2D eigenvalue weighted by atomic mass is 32.2. The van der Waals surface area contributed by atoms with E-state index in [-0.39, 0.29) is 45.5 Å². The van der Waals surface area contributed by atoms with Crippen molar-refractivity contribution in [2.45, 2.75) is 18.7 Å². The molecule has 0 saturated heterocycles. The van der Waals surface area contributed by atoms with E-state index in [4.69, 9.17) is 18.9 Å². The Morgan fingerprint density at radius 3 is 2.40 bits per heavy atom. The summed E-state index contributed by atoms with van der Waals surface area (Å²) in [5.74, 6) is -0.848. The number of nitrogens with zero attached hydrogens (tertiary/aromatic N) is 1. The number of hydrogen-bond acceptors (Lipinski definition) is 8. The lowest BCUT2D eigenvalue weighted by Gasteiger charge is -2.15. The zero-order valence-corrected chi connectivity index (χ0v) is 25.2. The third kappa shape index (κ3) is 7.61. The molecular formula is C30H34FN3O8S. The van der Waals surface area contributed by atoms with Crippen LogP contribution in [0.2, 0.25) is 0 Å². The number of fused-ring (bicyclic) bond motifs is 1. The molecule has 0 radical (unpaired) electrons. The number of hydrogen-bond donors (Lipinski definition) is 2. The molecule has 11 nitrogen and oxygen atoms in total. The van der Waals surface area contributed by atoms with E-state index in [2.05, 4.69) is 10.3 Å². The number of sulfone groups is 1. The SMILES string of the molecule is CCNC(=O)c1cc2c(-c3cc(S(C)(=O)=O)ccc3Oc3ccc(OCCOCCOCC)cc3F)cn(C)c(=O)c2[nH]1. The molecule has 43 heavy (non-hydrogen) atoms. The fraction of sp³-hybridized carbons (Fsp3) is 0.333. The summed E-state index contributed by atoms with van der Waals surface area (Å²) in [7, 11) is -2.12. The van der Waals surface area contributed by atoms with Crippen LogP contribution in [0.5, 0.6) is 17.2 Å². The number of carbonyl (C=O) groups is 1. The number of aromatic nitrogens is 2. The molecule has 0 atom stereocenters. The van der Waals surface area contributed by atoms with E-state index < -0.39 is 27.1 Å². The second-order valence-electron chi connectivity index (χ2n) is 9.57. The molecule has 0 saturated carbocycles. The van der Waals surface area contributed by atoms with Gasteiger partial charge in [0.1, 0.15) is 29.3 Å². The maximum absolute atomic E-state index is 15.1. The van der Waals surface area contributed by atoms with Crippen molar-refractivity contribution in [2.24, 2.45) is 7.05 Å². The molecule has 230 valence electrons. The van der Waals surface area contributed by atoms with Gasteiger partial charge >= 0.3 is 0 Å². The van der Waals surface area contributed by atoms with E-state index >= 15 is 4.39 Å². The number of benzene rings is 2. The fourth-order valence-corrected chi connectivity index (χ4v) is 4.97. The number of aryl methyl sites for hydroxylation is 1. The van der Waals surface area contributed by atoms with Crippen LogP contribution in [-0.4, -0.2) is 69.7 Å². The lowest BCUT2D eigenvalue weighted by molar-refractivity contribution is 0.0404. The molecule has 0 aliphatic rings. The first kappa shape index (κ1) is 31.7. The van der Waals surface area contributed by atoms with Crippen molar-refractivity contribution in [2.75, 3.05) is 45.8 Å². The van der Waals surface area contributed by atoms with E-state index in [9.17, 15) is 18.0 Å². The number of amides is 1. The summed E-state index contributed by atoms with van der Waals surface area (Å²) in [6.45, 7) is 6.07. The third-order valence-corrected chi connectivity index (χ3v) is 7.52. The molecule has 4 aromatic rings. The molecule has 0 aliphatic carbocycles. The van der Waals surface area contributed by atoms with E-state index in [0.29, 0.717) is 43.9 Å². The Balaban J connectivity index is 1.69. The number of nitrogens with one attached hydrogen (secondary N) is 2. The van der Waals surface area contributed by atoms with E-state index in [1.165, 1.54) is 54.2 Å². The van der Waals surface area contributed by atoms with Gasteiger partial charge in [-0.1, -0.05) is 0 Å². The molecule has 0 unspecified atom stereocenters. The minimum Gasteiger partial charge on any atom is -0.491 e. The molecule has 1 amide bonds. The average Bonchev–Trinajstić information content (AvgIpc) is 3.42. The minimum absolute atomic E-state index is 0.0102. The van der Waals surface area contributed by atoms with Gasteiger partial charge in [-0.15, -0.1) is 0 Å². The van der Waals surface area contributed by atoms with Gasteiger partial charge in [-0.05, 0) is 50.2 Å². The van der Waals surface area contributed by atoms with Gasteiger partial charge in [0.15, 0.2) is 21.4 Å². The summed E-state index contributed by atoms with van der Waals surface area (Å²) in [4.78, 5) is 28.3. The molecule has 0 bridgehead atoms. The second-order valence-corrected chi connectivity index (χ2v) is 11.6. The molecule has 0 aliphatic heterocycles. The van der Waals surface area contributed by atoms with Crippen LogP contribution in [-0.2, 0) is 26.4 Å². The summed E-state index contributed by atoms with van der Waals surface area (Å²) in [6, 6.07) is 9.79. The van der Waals surface area contributed by atoms with Gasteiger partial charge in [0.2, 0.25) is 0 Å². The Labute approximate surface area is 248 Å². The highest BCUT2D eigenvalue weighted by molar-refractivity contribution is 7.90. The first-order chi connectivity index (χ1) is 20.5. The number of halogens is 1. The zero-order valence-electron chi connectivity index (χ0n) is 24.4. The predicted octanol–water partition coefficient (Wildman–Crippen LogP) is 4.05. The number of H-pyrrole nitrogens is 1. The monoisotopic (exact) mass is 615 g/mol. The molecule has 4 rings (SSSR count). The van der Waals surface area contributed by atoms with Gasteiger partial charge in [0.25, 0.3) is 11.5 Å². The number of ether oxygens (including phenoxy) is 4. The zero-order chi connectivity index (χ0) is 31.1. The van der Waals surface area contributed by atoms with Crippen LogP contribution < -0.4 is 20.3 Å². The van der Waals surface area contributed by atoms with Crippen LogP contribution in [0.15, 0.2) is 58.4 Å². The van der Waals surface area contributed by atoms with E-state index in [1.54, 1.807) is 13.0 Å². The molecule has 2 heterocycles. The fourth-order valence-electron chi connectivity index (χ4n) is 4.32. The first-order valence-electron chi connectivity index (χ1n) is 13.6. The van der Waals surface area contributed by atoms with Gasteiger partial charge in [-0.3, -0.25) is 9.59 Å². The number of pyridine rings is 1. The van der Waals surface area contributed by atoms with Crippen LogP contribution in [0.1, 0.15) is 24.3 Å². The maximum atomic E-state index is 15.1. The molecule has 0 spiro atoms. The number of rotatable bonds is 14. The summed E-state index contributed by atoms with van der Waals surface area (Å²) in [6.07, 6.45) is 2.58. The van der Waals surface area contributed by atoms with Crippen molar-refractivity contribution in [3.05, 3.63) is 70.5 Å². The third-order valence-electron chi connectivity index (χ3n) is 6.41. The maximum Gasteiger partial charge on any atom is 0.274 e. The van der Waals surface area contributed by atoms with Crippen molar-refractivity contribution >= 4 is 26.6 Å². The Bertz CT molecular complexity index is 1780. The number of carbonyl (C=O) groups excluding carboxylic acids is 1. The molecular weight excluding hydrogens is 581 g/mol. The normalized spacial score (nSPS) is 11.6. The van der Waals surface area contributed by atoms with Crippen molar-refractivity contribution in [3.8, 4) is 28.4 Å². The molecule has 13 heteroatoms.